The van der Waals surface area contributed by atoms with Crippen molar-refractivity contribution in [3.63, 3.8) is 0 Å². The molecule has 0 aromatic carbocycles. The number of unbranched alkanes of at least 4 members (excludes halogenated alkanes) is 25. The summed E-state index contributed by atoms with van der Waals surface area (Å²) in [6.45, 7) is 6.47. The van der Waals surface area contributed by atoms with Crippen LogP contribution in [0.15, 0.2) is 146 Å². The van der Waals surface area contributed by atoms with E-state index >= 15 is 0 Å². The van der Waals surface area contributed by atoms with E-state index in [-0.39, 0.29) is 31.1 Å². The van der Waals surface area contributed by atoms with Crippen molar-refractivity contribution in [2.75, 3.05) is 13.2 Å². The summed E-state index contributed by atoms with van der Waals surface area (Å²) in [6.07, 6.45) is 98.5. The lowest BCUT2D eigenvalue weighted by Crippen LogP contribution is -2.30. The van der Waals surface area contributed by atoms with Crippen LogP contribution in [0.1, 0.15) is 297 Å². The maximum absolute atomic E-state index is 12.9. The van der Waals surface area contributed by atoms with E-state index < -0.39 is 6.10 Å². The van der Waals surface area contributed by atoms with Crippen LogP contribution in [0.3, 0.4) is 0 Å². The number of hydrogen-bond acceptors (Lipinski definition) is 6. The molecular formula is C76H124O6. The van der Waals surface area contributed by atoms with Gasteiger partial charge in [0.2, 0.25) is 0 Å². The molecule has 0 heterocycles. The second kappa shape index (κ2) is 68.8. The normalized spacial score (nSPS) is 13.1. The maximum Gasteiger partial charge on any atom is 0.306 e. The summed E-state index contributed by atoms with van der Waals surface area (Å²) >= 11 is 0. The molecule has 1 atom stereocenters. The van der Waals surface area contributed by atoms with Gasteiger partial charge in [0.25, 0.3) is 0 Å². The molecule has 0 bridgehead atoms. The van der Waals surface area contributed by atoms with Gasteiger partial charge in [-0.25, -0.2) is 0 Å². The van der Waals surface area contributed by atoms with E-state index in [2.05, 4.69) is 167 Å². The van der Waals surface area contributed by atoms with Crippen molar-refractivity contribution in [1.29, 1.82) is 0 Å². The molecule has 0 aliphatic rings. The molecular weight excluding hydrogens is 1010 g/mol. The first-order valence-electron chi connectivity index (χ1n) is 33.8. The molecule has 0 aliphatic carbocycles. The minimum atomic E-state index is -0.800. The van der Waals surface area contributed by atoms with Crippen molar-refractivity contribution in [3.05, 3.63) is 146 Å². The van der Waals surface area contributed by atoms with E-state index in [1.165, 1.54) is 96.3 Å². The number of ether oxygens (including phenoxy) is 3. The lowest BCUT2D eigenvalue weighted by Gasteiger charge is -2.18. The van der Waals surface area contributed by atoms with Crippen molar-refractivity contribution in [2.24, 2.45) is 0 Å². The van der Waals surface area contributed by atoms with Crippen molar-refractivity contribution in [3.8, 4) is 0 Å². The summed E-state index contributed by atoms with van der Waals surface area (Å²) in [4.78, 5) is 38.3. The summed E-state index contributed by atoms with van der Waals surface area (Å²) in [7, 11) is 0. The Morgan fingerprint density at radius 2 is 0.476 bits per heavy atom. The minimum absolute atomic E-state index is 0.0952. The second-order valence-corrected chi connectivity index (χ2v) is 22.0. The molecule has 0 rings (SSSR count). The number of allylic oxidation sites excluding steroid dienone is 24. The van der Waals surface area contributed by atoms with Gasteiger partial charge in [-0.05, 0) is 148 Å². The topological polar surface area (TPSA) is 78.9 Å². The fourth-order valence-electron chi connectivity index (χ4n) is 8.99. The van der Waals surface area contributed by atoms with E-state index in [0.717, 1.165) is 161 Å². The lowest BCUT2D eigenvalue weighted by molar-refractivity contribution is -0.167. The quantitative estimate of drug-likeness (QED) is 0.0261. The Morgan fingerprint density at radius 1 is 0.256 bits per heavy atom. The number of carbonyl (C=O) groups is 3. The molecule has 0 fully saturated rings. The molecule has 0 N–H and O–H groups in total. The molecule has 0 aromatic rings. The fourth-order valence-corrected chi connectivity index (χ4v) is 8.99. The zero-order valence-corrected chi connectivity index (χ0v) is 53.2. The van der Waals surface area contributed by atoms with Crippen molar-refractivity contribution >= 4 is 17.9 Å². The van der Waals surface area contributed by atoms with Gasteiger partial charge in [0, 0.05) is 19.3 Å². The van der Waals surface area contributed by atoms with Gasteiger partial charge < -0.3 is 14.2 Å². The molecule has 6 nitrogen and oxygen atoms in total. The fraction of sp³-hybridized carbons (Fsp3) is 0.645. The Labute approximate surface area is 506 Å². The Balaban J connectivity index is 4.36. The Bertz CT molecular complexity index is 1780. The van der Waals surface area contributed by atoms with Crippen LogP contribution in [0, 0.1) is 0 Å². The first-order valence-corrected chi connectivity index (χ1v) is 33.8. The van der Waals surface area contributed by atoms with Gasteiger partial charge in [0.1, 0.15) is 13.2 Å². The zero-order valence-electron chi connectivity index (χ0n) is 53.2. The minimum Gasteiger partial charge on any atom is -0.462 e. The van der Waals surface area contributed by atoms with E-state index in [9.17, 15) is 14.4 Å². The molecule has 0 saturated heterocycles. The summed E-state index contributed by atoms with van der Waals surface area (Å²) in [5, 5.41) is 0. The van der Waals surface area contributed by atoms with Gasteiger partial charge in [-0.1, -0.05) is 276 Å². The molecule has 0 saturated carbocycles. The smallest absolute Gasteiger partial charge is 0.306 e. The van der Waals surface area contributed by atoms with Crippen LogP contribution in [0.2, 0.25) is 0 Å². The number of rotatable bonds is 60. The first kappa shape index (κ1) is 77.3. The van der Waals surface area contributed by atoms with Gasteiger partial charge in [-0.15, -0.1) is 0 Å². The number of hydrogen-bond donors (Lipinski definition) is 0. The Hall–Kier alpha value is -4.71. The molecule has 0 spiro atoms. The third-order valence-corrected chi connectivity index (χ3v) is 14.0. The highest BCUT2D eigenvalue weighted by Gasteiger charge is 2.19. The zero-order chi connectivity index (χ0) is 59.2. The van der Waals surface area contributed by atoms with E-state index in [4.69, 9.17) is 14.2 Å². The van der Waals surface area contributed by atoms with Crippen LogP contribution in [0.5, 0.6) is 0 Å². The summed E-state index contributed by atoms with van der Waals surface area (Å²) < 4.78 is 16.9. The monoisotopic (exact) mass is 1130 g/mol. The summed E-state index contributed by atoms with van der Waals surface area (Å²) in [5.41, 5.74) is 0. The Kier molecular flexibility index (Phi) is 64.8. The van der Waals surface area contributed by atoms with Gasteiger partial charge in [0.05, 0.1) is 0 Å². The van der Waals surface area contributed by atoms with E-state index in [1.54, 1.807) is 0 Å². The largest absolute Gasteiger partial charge is 0.462 e. The summed E-state index contributed by atoms with van der Waals surface area (Å²) in [5.74, 6) is -0.929. The van der Waals surface area contributed by atoms with Gasteiger partial charge in [0.15, 0.2) is 6.10 Å². The number of carbonyl (C=O) groups excluding carboxylic acids is 3. The second-order valence-electron chi connectivity index (χ2n) is 22.0. The first-order chi connectivity index (χ1) is 40.5. The van der Waals surface area contributed by atoms with Gasteiger partial charge in [-0.3, -0.25) is 14.4 Å². The number of esters is 3. The predicted molar refractivity (Wildman–Crippen MR) is 357 cm³/mol. The maximum atomic E-state index is 12.9. The van der Waals surface area contributed by atoms with Crippen molar-refractivity contribution in [1.82, 2.24) is 0 Å². The van der Waals surface area contributed by atoms with Gasteiger partial charge in [-0.2, -0.15) is 0 Å². The molecule has 0 amide bonds. The Morgan fingerprint density at radius 3 is 0.756 bits per heavy atom. The van der Waals surface area contributed by atoms with Crippen LogP contribution < -0.4 is 0 Å². The third kappa shape index (κ3) is 66.1. The molecule has 1 unspecified atom stereocenters. The molecule has 0 aromatic heterocycles. The molecule has 82 heavy (non-hydrogen) atoms. The predicted octanol–water partition coefficient (Wildman–Crippen LogP) is 23.5. The highest BCUT2D eigenvalue weighted by atomic mass is 16.6. The van der Waals surface area contributed by atoms with Crippen molar-refractivity contribution in [2.45, 2.75) is 303 Å². The van der Waals surface area contributed by atoms with Crippen LogP contribution in [0.25, 0.3) is 0 Å². The highest BCUT2D eigenvalue weighted by molar-refractivity contribution is 5.71. The van der Waals surface area contributed by atoms with Crippen LogP contribution in [0.4, 0.5) is 0 Å². The van der Waals surface area contributed by atoms with Crippen LogP contribution in [-0.4, -0.2) is 37.2 Å². The average Bonchev–Trinajstić information content (AvgIpc) is 3.47. The van der Waals surface area contributed by atoms with E-state index in [1.807, 2.05) is 0 Å². The average molecular weight is 1130 g/mol. The van der Waals surface area contributed by atoms with Crippen molar-refractivity contribution < 1.29 is 28.6 Å². The molecule has 6 heteroatoms. The lowest BCUT2D eigenvalue weighted by atomic mass is 10.1. The third-order valence-electron chi connectivity index (χ3n) is 14.0. The van der Waals surface area contributed by atoms with Crippen LogP contribution in [-0.2, 0) is 28.6 Å². The van der Waals surface area contributed by atoms with Crippen LogP contribution >= 0.6 is 0 Å². The highest BCUT2D eigenvalue weighted by Crippen LogP contribution is 2.15. The standard InChI is InChI=1S/C76H124O6/c1-4-7-10-13-16-19-22-25-27-29-31-32-33-34-35-36-37-38-39-40-41-42-43-44-45-47-48-51-54-57-60-63-66-69-75(78)81-72-73(71-80-74(77)68-65-62-59-56-53-50-24-21-18-15-12-9-6-3)82-76(79)70-67-64-61-58-55-52-49-46-30-28-26-23-20-17-14-11-8-5-2/h7,10,16,19-21,23-25,27-28,30-32,34-35,37-38,40-41,43-44,47-48,73H,4-6,8-9,11-15,17-18,22,26,29,33,36,39,42,45-46,49-72H2,1-3H3/b10-7-,19-16-,23-20-,24-21-,27-25-,30-28-,32-31-,35-34-,38-37-,41-40-,44-43-,48-47-. The van der Waals surface area contributed by atoms with E-state index in [0.29, 0.717) is 19.3 Å². The SMILES string of the molecule is CC/C=C\C/C=C\C/C=C\C/C=C\C/C=C\C/C=C\C/C=C\C/C=C\C/C=C\CCCCCCCC(=O)OCC(COC(=O)CCCCCCC/C=C\CCCCCC)OC(=O)CCCCCCCCC/C=C\C/C=C\CCCCCC. The molecule has 0 radical (unpaired) electrons. The van der Waals surface area contributed by atoms with Gasteiger partial charge >= 0.3 is 17.9 Å². The molecule has 0 aliphatic heterocycles. The molecule has 464 valence electrons. The summed E-state index contributed by atoms with van der Waals surface area (Å²) in [6, 6.07) is 0.